The Labute approximate surface area is 157 Å². The predicted molar refractivity (Wildman–Crippen MR) is 105 cm³/mol. The Hall–Kier alpha value is -1.39. The van der Waals surface area contributed by atoms with E-state index >= 15 is 0 Å². The van der Waals surface area contributed by atoms with Gasteiger partial charge in [-0.3, -0.25) is 4.79 Å². The van der Waals surface area contributed by atoms with Gasteiger partial charge in [0, 0.05) is 24.0 Å². The number of rotatable bonds is 6. The van der Waals surface area contributed by atoms with Crippen molar-refractivity contribution < 1.29 is 4.79 Å². The average molecular weight is 356 g/mol. The van der Waals surface area contributed by atoms with E-state index in [0.29, 0.717) is 17.4 Å². The zero-order valence-electron chi connectivity index (χ0n) is 16.0. The standard InChI is InChI=1S/C22H33N3O/c1-17(18-7-3-2-4-8-18)25-22(9-5-6-10-22)16-24-20(26)19-15-21(19)11-13-23-14-12-21/h2-4,7-8,17,19,23,25H,5-6,9-16H2,1H3,(H,24,26). The number of benzene rings is 1. The molecule has 4 heteroatoms. The van der Waals surface area contributed by atoms with E-state index in [2.05, 4.69) is 53.2 Å². The van der Waals surface area contributed by atoms with Gasteiger partial charge in [0.25, 0.3) is 0 Å². The van der Waals surface area contributed by atoms with Gasteiger partial charge in [-0.25, -0.2) is 0 Å². The molecule has 4 nitrogen and oxygen atoms in total. The molecule has 1 aliphatic heterocycles. The number of amides is 1. The highest BCUT2D eigenvalue weighted by atomic mass is 16.2. The molecule has 1 aromatic carbocycles. The fraction of sp³-hybridized carbons (Fsp3) is 0.682. The van der Waals surface area contributed by atoms with E-state index in [1.807, 2.05) is 0 Å². The zero-order chi connectivity index (χ0) is 18.0. The summed E-state index contributed by atoms with van der Waals surface area (Å²) < 4.78 is 0. The second kappa shape index (κ2) is 7.32. The molecule has 0 bridgehead atoms. The van der Waals surface area contributed by atoms with Crippen molar-refractivity contribution in [3.63, 3.8) is 0 Å². The van der Waals surface area contributed by atoms with Crippen LogP contribution in [0, 0.1) is 11.3 Å². The van der Waals surface area contributed by atoms with E-state index in [0.717, 1.165) is 38.9 Å². The first kappa shape index (κ1) is 18.0. The van der Waals surface area contributed by atoms with Gasteiger partial charge in [0.05, 0.1) is 0 Å². The molecule has 0 radical (unpaired) electrons. The molecule has 142 valence electrons. The monoisotopic (exact) mass is 355 g/mol. The molecule has 1 spiro atoms. The summed E-state index contributed by atoms with van der Waals surface area (Å²) in [6, 6.07) is 10.9. The maximum Gasteiger partial charge on any atom is 0.223 e. The first-order valence-electron chi connectivity index (χ1n) is 10.4. The van der Waals surface area contributed by atoms with Crippen molar-refractivity contribution in [2.75, 3.05) is 19.6 Å². The van der Waals surface area contributed by atoms with Gasteiger partial charge in [-0.2, -0.15) is 0 Å². The van der Waals surface area contributed by atoms with Crippen LogP contribution in [0.3, 0.4) is 0 Å². The summed E-state index contributed by atoms with van der Waals surface area (Å²) in [6.45, 7) is 5.16. The summed E-state index contributed by atoms with van der Waals surface area (Å²) in [5.74, 6) is 0.557. The number of carbonyl (C=O) groups is 1. The van der Waals surface area contributed by atoms with Gasteiger partial charge in [0.2, 0.25) is 5.91 Å². The lowest BCUT2D eigenvalue weighted by Gasteiger charge is -2.34. The van der Waals surface area contributed by atoms with Crippen LogP contribution in [0.15, 0.2) is 30.3 Å². The van der Waals surface area contributed by atoms with Crippen molar-refractivity contribution in [2.45, 2.75) is 63.5 Å². The number of hydrogen-bond acceptors (Lipinski definition) is 3. The molecule has 3 aliphatic rings. The van der Waals surface area contributed by atoms with Gasteiger partial charge in [-0.05, 0) is 63.1 Å². The highest BCUT2D eigenvalue weighted by Crippen LogP contribution is 2.58. The number of nitrogens with one attached hydrogen (secondary N) is 3. The van der Waals surface area contributed by atoms with Crippen molar-refractivity contribution in [3.05, 3.63) is 35.9 Å². The molecule has 3 fully saturated rings. The van der Waals surface area contributed by atoms with Crippen LogP contribution >= 0.6 is 0 Å². The molecule has 3 N–H and O–H groups in total. The fourth-order valence-corrected chi connectivity index (χ4v) is 5.28. The van der Waals surface area contributed by atoms with Crippen molar-refractivity contribution in [1.29, 1.82) is 0 Å². The summed E-state index contributed by atoms with van der Waals surface area (Å²) in [5.41, 5.74) is 1.70. The second-order valence-electron chi connectivity index (χ2n) is 8.85. The van der Waals surface area contributed by atoms with E-state index in [4.69, 9.17) is 0 Å². The molecule has 2 unspecified atom stereocenters. The quantitative estimate of drug-likeness (QED) is 0.735. The first-order valence-corrected chi connectivity index (χ1v) is 10.4. The Morgan fingerprint density at radius 3 is 2.54 bits per heavy atom. The summed E-state index contributed by atoms with van der Waals surface area (Å²) in [6.07, 6.45) is 8.25. The maximum atomic E-state index is 12.8. The van der Waals surface area contributed by atoms with Crippen molar-refractivity contribution >= 4 is 5.91 Å². The SMILES string of the molecule is CC(NC1(CNC(=O)C2CC23CCNCC3)CCCC1)c1ccccc1. The Bertz CT molecular complexity index is 618. The first-order chi connectivity index (χ1) is 12.6. The Kier molecular flexibility index (Phi) is 5.07. The van der Waals surface area contributed by atoms with Gasteiger partial charge >= 0.3 is 0 Å². The molecule has 0 aromatic heterocycles. The van der Waals surface area contributed by atoms with Crippen molar-refractivity contribution in [1.82, 2.24) is 16.0 Å². The van der Waals surface area contributed by atoms with Crippen molar-refractivity contribution in [2.24, 2.45) is 11.3 Å². The summed E-state index contributed by atoms with van der Waals surface area (Å²) in [4.78, 5) is 12.8. The topological polar surface area (TPSA) is 53.2 Å². The molecule has 1 saturated heterocycles. The third-order valence-corrected chi connectivity index (χ3v) is 7.09. The highest BCUT2D eigenvalue weighted by Gasteiger charge is 2.57. The van der Waals surface area contributed by atoms with Crippen LogP contribution in [0.25, 0.3) is 0 Å². The van der Waals surface area contributed by atoms with Crippen molar-refractivity contribution in [3.8, 4) is 0 Å². The molecule has 1 heterocycles. The van der Waals surface area contributed by atoms with Gasteiger partial charge in [-0.1, -0.05) is 43.2 Å². The van der Waals surface area contributed by atoms with E-state index in [1.165, 1.54) is 31.2 Å². The fourth-order valence-electron chi connectivity index (χ4n) is 5.28. The van der Waals surface area contributed by atoms with E-state index in [9.17, 15) is 4.79 Å². The van der Waals surface area contributed by atoms with Crippen LogP contribution in [-0.4, -0.2) is 31.1 Å². The minimum absolute atomic E-state index is 0.0566. The third-order valence-electron chi connectivity index (χ3n) is 7.09. The molecule has 2 atom stereocenters. The summed E-state index contributed by atoms with van der Waals surface area (Å²) in [7, 11) is 0. The van der Waals surface area contributed by atoms with Gasteiger partial charge in [0.1, 0.15) is 0 Å². The van der Waals surface area contributed by atoms with Gasteiger partial charge < -0.3 is 16.0 Å². The lowest BCUT2D eigenvalue weighted by Crippen LogP contribution is -2.52. The van der Waals surface area contributed by atoms with Gasteiger partial charge in [-0.15, -0.1) is 0 Å². The minimum Gasteiger partial charge on any atom is -0.354 e. The third kappa shape index (κ3) is 3.67. The van der Waals surface area contributed by atoms with E-state index in [1.54, 1.807) is 0 Å². The summed E-state index contributed by atoms with van der Waals surface area (Å²) >= 11 is 0. The minimum atomic E-state index is 0.0566. The molecular weight excluding hydrogens is 322 g/mol. The molecule has 1 amide bonds. The predicted octanol–water partition coefficient (Wildman–Crippen LogP) is 3.16. The Morgan fingerprint density at radius 2 is 1.85 bits per heavy atom. The molecule has 2 aliphatic carbocycles. The van der Waals surface area contributed by atoms with Crippen LogP contribution in [-0.2, 0) is 4.79 Å². The number of hydrogen-bond donors (Lipinski definition) is 3. The second-order valence-corrected chi connectivity index (χ2v) is 8.85. The normalized spacial score (nSPS) is 27.2. The molecule has 2 saturated carbocycles. The van der Waals surface area contributed by atoms with E-state index in [-0.39, 0.29) is 11.5 Å². The van der Waals surface area contributed by atoms with Crippen LogP contribution in [0.5, 0.6) is 0 Å². The summed E-state index contributed by atoms with van der Waals surface area (Å²) in [5, 5.41) is 10.6. The molecule has 26 heavy (non-hydrogen) atoms. The Morgan fingerprint density at radius 1 is 1.15 bits per heavy atom. The van der Waals surface area contributed by atoms with Crippen LogP contribution < -0.4 is 16.0 Å². The van der Waals surface area contributed by atoms with Gasteiger partial charge in [0.15, 0.2) is 0 Å². The van der Waals surface area contributed by atoms with Crippen LogP contribution in [0.2, 0.25) is 0 Å². The lowest BCUT2D eigenvalue weighted by molar-refractivity contribution is -0.123. The van der Waals surface area contributed by atoms with Crippen LogP contribution in [0.1, 0.15) is 63.5 Å². The molecule has 1 aromatic rings. The molecule has 4 rings (SSSR count). The lowest BCUT2D eigenvalue weighted by atomic mass is 9.91. The zero-order valence-corrected chi connectivity index (χ0v) is 16.0. The van der Waals surface area contributed by atoms with Crippen LogP contribution in [0.4, 0.5) is 0 Å². The average Bonchev–Trinajstić information content (AvgIpc) is 3.16. The number of carbonyl (C=O) groups excluding carboxylic acids is 1. The largest absolute Gasteiger partial charge is 0.354 e. The smallest absolute Gasteiger partial charge is 0.223 e. The Balaban J connectivity index is 1.34. The molecular formula is C22H33N3O. The maximum absolute atomic E-state index is 12.8. The highest BCUT2D eigenvalue weighted by molar-refractivity contribution is 5.82. The van der Waals surface area contributed by atoms with E-state index < -0.39 is 0 Å². The number of piperidine rings is 1.